The van der Waals surface area contributed by atoms with Gasteiger partial charge in [0.1, 0.15) is 0 Å². The number of hydrogen-bond acceptors (Lipinski definition) is 5. The van der Waals surface area contributed by atoms with Crippen molar-refractivity contribution in [1.29, 1.82) is 0 Å². The molecule has 8 heteroatoms. The van der Waals surface area contributed by atoms with Crippen LogP contribution in [-0.2, 0) is 11.2 Å². The van der Waals surface area contributed by atoms with E-state index in [9.17, 15) is 4.79 Å². The number of aromatic nitrogens is 6. The van der Waals surface area contributed by atoms with E-state index in [1.807, 2.05) is 65.5 Å². The Morgan fingerprint density at radius 1 is 1.10 bits per heavy atom. The minimum absolute atomic E-state index is 0.100. The van der Waals surface area contributed by atoms with Gasteiger partial charge in [0, 0.05) is 17.4 Å². The van der Waals surface area contributed by atoms with Crippen LogP contribution in [0.25, 0.3) is 17.1 Å². The summed E-state index contributed by atoms with van der Waals surface area (Å²) in [6.07, 6.45) is 6.04. The molecule has 0 radical (unpaired) electrons. The Labute approximate surface area is 167 Å². The average Bonchev–Trinajstić information content (AvgIpc) is 3.28. The van der Waals surface area contributed by atoms with Crippen molar-refractivity contribution in [1.82, 2.24) is 30.0 Å². The number of anilines is 1. The highest BCUT2D eigenvalue weighted by molar-refractivity contribution is 5.92. The van der Waals surface area contributed by atoms with E-state index in [-0.39, 0.29) is 12.3 Å². The first-order valence-electron chi connectivity index (χ1n) is 9.53. The lowest BCUT2D eigenvalue weighted by atomic mass is 10.1. The standard InChI is InChI=1S/C21H19N7O/c29-20(11-15-13-22-27(14-15)18-7-2-1-3-8-18)23-17-6-4-5-16(12-17)21-24-25-26-28(21)19-9-10-19/h1-8,12-14,19H,9-11H2,(H,23,29). The predicted molar refractivity (Wildman–Crippen MR) is 107 cm³/mol. The molecular weight excluding hydrogens is 366 g/mol. The molecule has 0 atom stereocenters. The molecule has 1 N–H and O–H groups in total. The summed E-state index contributed by atoms with van der Waals surface area (Å²) in [5, 5.41) is 19.3. The Kier molecular flexibility index (Phi) is 4.36. The van der Waals surface area contributed by atoms with Crippen LogP contribution in [-0.4, -0.2) is 35.9 Å². The minimum Gasteiger partial charge on any atom is -0.326 e. The molecule has 1 saturated carbocycles. The number of para-hydroxylation sites is 1. The van der Waals surface area contributed by atoms with Gasteiger partial charge in [-0.25, -0.2) is 9.36 Å². The Morgan fingerprint density at radius 3 is 2.79 bits per heavy atom. The Balaban J connectivity index is 1.28. The highest BCUT2D eigenvalue weighted by Gasteiger charge is 2.28. The third-order valence-electron chi connectivity index (χ3n) is 4.81. The zero-order valence-corrected chi connectivity index (χ0v) is 15.6. The number of rotatable bonds is 6. The van der Waals surface area contributed by atoms with Gasteiger partial charge in [0.15, 0.2) is 5.82 Å². The second kappa shape index (κ2) is 7.31. The second-order valence-corrected chi connectivity index (χ2v) is 7.11. The van der Waals surface area contributed by atoms with Gasteiger partial charge in [-0.3, -0.25) is 4.79 Å². The fourth-order valence-corrected chi connectivity index (χ4v) is 3.25. The fourth-order valence-electron chi connectivity index (χ4n) is 3.25. The number of carbonyl (C=O) groups excluding carboxylic acids is 1. The van der Waals surface area contributed by atoms with Crippen molar-refractivity contribution < 1.29 is 4.79 Å². The van der Waals surface area contributed by atoms with Gasteiger partial charge < -0.3 is 5.32 Å². The number of carbonyl (C=O) groups is 1. The van der Waals surface area contributed by atoms with Crippen molar-refractivity contribution >= 4 is 11.6 Å². The summed E-state index contributed by atoms with van der Waals surface area (Å²) in [7, 11) is 0. The van der Waals surface area contributed by atoms with Crippen LogP contribution in [0, 0.1) is 0 Å². The first-order valence-corrected chi connectivity index (χ1v) is 9.53. The summed E-state index contributed by atoms with van der Waals surface area (Å²) >= 11 is 0. The van der Waals surface area contributed by atoms with Gasteiger partial charge >= 0.3 is 0 Å². The molecule has 1 aliphatic rings. The number of hydrogen-bond donors (Lipinski definition) is 1. The van der Waals surface area contributed by atoms with Crippen LogP contribution in [0.4, 0.5) is 5.69 Å². The summed E-state index contributed by atoms with van der Waals surface area (Å²) < 4.78 is 3.62. The molecule has 2 aromatic carbocycles. The SMILES string of the molecule is O=C(Cc1cnn(-c2ccccc2)c1)Nc1cccc(-c2nnnn2C2CC2)c1. The molecule has 0 aliphatic heterocycles. The largest absolute Gasteiger partial charge is 0.326 e. The number of nitrogens with one attached hydrogen (secondary N) is 1. The highest BCUT2D eigenvalue weighted by Crippen LogP contribution is 2.36. The van der Waals surface area contributed by atoms with Crippen molar-refractivity contribution in [3.05, 3.63) is 72.6 Å². The van der Waals surface area contributed by atoms with Crippen LogP contribution in [0.5, 0.6) is 0 Å². The molecule has 2 heterocycles. The minimum atomic E-state index is -0.100. The number of benzene rings is 2. The molecule has 29 heavy (non-hydrogen) atoms. The van der Waals surface area contributed by atoms with Crippen LogP contribution >= 0.6 is 0 Å². The lowest BCUT2D eigenvalue weighted by Crippen LogP contribution is -2.14. The van der Waals surface area contributed by atoms with E-state index < -0.39 is 0 Å². The summed E-state index contributed by atoms with van der Waals surface area (Å²) in [4.78, 5) is 12.5. The summed E-state index contributed by atoms with van der Waals surface area (Å²) in [6, 6.07) is 17.8. The fraction of sp³-hybridized carbons (Fsp3) is 0.190. The molecule has 8 nitrogen and oxygen atoms in total. The average molecular weight is 385 g/mol. The van der Waals surface area contributed by atoms with Gasteiger partial charge in [-0.2, -0.15) is 5.10 Å². The van der Waals surface area contributed by atoms with Crippen LogP contribution in [0.3, 0.4) is 0 Å². The van der Waals surface area contributed by atoms with Crippen molar-refractivity contribution in [3.8, 4) is 17.1 Å². The predicted octanol–water partition coefficient (Wildman–Crippen LogP) is 3.04. The quantitative estimate of drug-likeness (QED) is 0.551. The van der Waals surface area contributed by atoms with Crippen molar-refractivity contribution in [2.45, 2.75) is 25.3 Å². The van der Waals surface area contributed by atoms with E-state index in [1.54, 1.807) is 10.9 Å². The third-order valence-corrected chi connectivity index (χ3v) is 4.81. The molecule has 1 aliphatic carbocycles. The van der Waals surface area contributed by atoms with Crippen LogP contribution in [0.1, 0.15) is 24.4 Å². The van der Waals surface area contributed by atoms with Gasteiger partial charge in [0.2, 0.25) is 5.91 Å². The molecule has 4 aromatic rings. The molecule has 1 fully saturated rings. The van der Waals surface area contributed by atoms with E-state index >= 15 is 0 Å². The smallest absolute Gasteiger partial charge is 0.228 e. The highest BCUT2D eigenvalue weighted by atomic mass is 16.1. The van der Waals surface area contributed by atoms with E-state index in [4.69, 9.17) is 0 Å². The first-order chi connectivity index (χ1) is 14.3. The maximum atomic E-state index is 12.5. The first kappa shape index (κ1) is 17.3. The van der Waals surface area contributed by atoms with E-state index in [0.29, 0.717) is 11.7 Å². The summed E-state index contributed by atoms with van der Waals surface area (Å²) in [6.45, 7) is 0. The van der Waals surface area contributed by atoms with Crippen molar-refractivity contribution in [2.24, 2.45) is 0 Å². The molecule has 2 aromatic heterocycles. The molecule has 5 rings (SSSR count). The zero-order valence-electron chi connectivity index (χ0n) is 15.6. The Bertz CT molecular complexity index is 1140. The van der Waals surface area contributed by atoms with Crippen LogP contribution < -0.4 is 5.32 Å². The van der Waals surface area contributed by atoms with E-state index in [1.165, 1.54) is 0 Å². The number of nitrogens with zero attached hydrogens (tertiary/aromatic N) is 6. The topological polar surface area (TPSA) is 90.5 Å². The zero-order chi connectivity index (χ0) is 19.6. The van der Waals surface area contributed by atoms with E-state index in [2.05, 4.69) is 25.9 Å². The Hall–Kier alpha value is -3.81. The summed E-state index contributed by atoms with van der Waals surface area (Å²) in [5.74, 6) is 0.629. The maximum Gasteiger partial charge on any atom is 0.228 e. The maximum absolute atomic E-state index is 12.5. The normalized spacial score (nSPS) is 13.4. The van der Waals surface area contributed by atoms with E-state index in [0.717, 1.165) is 35.5 Å². The van der Waals surface area contributed by atoms with Gasteiger partial charge in [0.25, 0.3) is 0 Å². The second-order valence-electron chi connectivity index (χ2n) is 7.11. The number of tetrazole rings is 1. The molecule has 0 spiro atoms. The molecule has 0 unspecified atom stereocenters. The van der Waals surface area contributed by atoms with Gasteiger partial charge in [-0.1, -0.05) is 30.3 Å². The molecular formula is C21H19N7O. The molecule has 1 amide bonds. The Morgan fingerprint density at radius 2 is 1.97 bits per heavy atom. The van der Waals surface area contributed by atoms with Gasteiger partial charge in [-0.05, 0) is 53.1 Å². The summed E-state index contributed by atoms with van der Waals surface area (Å²) in [5.41, 5.74) is 3.41. The van der Waals surface area contributed by atoms with Gasteiger partial charge in [-0.15, -0.1) is 5.10 Å². The van der Waals surface area contributed by atoms with Crippen LogP contribution in [0.2, 0.25) is 0 Å². The third kappa shape index (κ3) is 3.77. The van der Waals surface area contributed by atoms with Crippen LogP contribution in [0.15, 0.2) is 67.0 Å². The van der Waals surface area contributed by atoms with Gasteiger partial charge in [0.05, 0.1) is 24.3 Å². The number of amides is 1. The lowest BCUT2D eigenvalue weighted by Gasteiger charge is -2.07. The molecule has 0 bridgehead atoms. The van der Waals surface area contributed by atoms with Crippen molar-refractivity contribution in [3.63, 3.8) is 0 Å². The lowest BCUT2D eigenvalue weighted by molar-refractivity contribution is -0.115. The van der Waals surface area contributed by atoms with Crippen molar-refractivity contribution in [2.75, 3.05) is 5.32 Å². The molecule has 144 valence electrons. The molecule has 0 saturated heterocycles. The monoisotopic (exact) mass is 385 g/mol.